The van der Waals surface area contributed by atoms with Crippen molar-refractivity contribution >= 4 is 58.4 Å². The van der Waals surface area contributed by atoms with Crippen LogP contribution in [0.5, 0.6) is 0 Å². The van der Waals surface area contributed by atoms with Crippen LogP contribution in [0.3, 0.4) is 0 Å². The number of nitro benzene ring substituents is 1. The number of halogens is 2. The van der Waals surface area contributed by atoms with Crippen LogP contribution in [0, 0.1) is 17.0 Å². The second kappa shape index (κ2) is 12.9. The zero-order valence-electron chi connectivity index (χ0n) is 22.1. The van der Waals surface area contributed by atoms with Gasteiger partial charge in [-0.05, 0) is 42.8 Å². The summed E-state index contributed by atoms with van der Waals surface area (Å²) in [5.41, 5.74) is 1.41. The van der Waals surface area contributed by atoms with Gasteiger partial charge in [0, 0.05) is 36.5 Å². The summed E-state index contributed by atoms with van der Waals surface area (Å²) < 4.78 is 0. The van der Waals surface area contributed by atoms with E-state index in [9.17, 15) is 34.4 Å². The number of carbonyl (C=O) groups excluding carboxylic acids is 3. The standard InChI is InChI=1S/C28H25Cl2N5O7/c1-16-5-8-19(9-6-16)31-28(40)34-12-11-33(27(39)18-7-10-21(29)22(30)14-18)26(34)25(38)32-23(15-24(36)37)17-3-2-4-20(13-17)35(41)42/h2-10,13-14,23,26H,11-12,15H2,1H3,(H,31,40)(H,32,38)(H,36,37). The second-order valence-corrected chi connectivity index (χ2v) is 10.3. The summed E-state index contributed by atoms with van der Waals surface area (Å²) in [7, 11) is 0. The van der Waals surface area contributed by atoms with E-state index < -0.39 is 47.4 Å². The molecule has 2 atom stereocenters. The first-order valence-corrected chi connectivity index (χ1v) is 13.4. The molecule has 218 valence electrons. The molecule has 0 aliphatic carbocycles. The van der Waals surface area contributed by atoms with Crippen LogP contribution in [0.4, 0.5) is 16.2 Å². The molecule has 1 heterocycles. The molecule has 0 radical (unpaired) electrons. The van der Waals surface area contributed by atoms with E-state index in [0.29, 0.717) is 5.69 Å². The molecule has 0 spiro atoms. The van der Waals surface area contributed by atoms with Gasteiger partial charge in [0.25, 0.3) is 17.5 Å². The number of carbonyl (C=O) groups is 4. The molecule has 3 N–H and O–H groups in total. The van der Waals surface area contributed by atoms with E-state index in [1.807, 2.05) is 6.92 Å². The number of anilines is 1. The molecule has 4 rings (SSSR count). The Morgan fingerprint density at radius 3 is 2.33 bits per heavy atom. The van der Waals surface area contributed by atoms with Crippen molar-refractivity contribution in [3.8, 4) is 0 Å². The quantitative estimate of drug-likeness (QED) is 0.241. The fraction of sp³-hybridized carbons (Fsp3) is 0.214. The molecule has 2 unspecified atom stereocenters. The van der Waals surface area contributed by atoms with Crippen LogP contribution < -0.4 is 10.6 Å². The highest BCUT2D eigenvalue weighted by atomic mass is 35.5. The van der Waals surface area contributed by atoms with Gasteiger partial charge in [0.2, 0.25) is 0 Å². The Balaban J connectivity index is 1.67. The van der Waals surface area contributed by atoms with Crippen molar-refractivity contribution in [1.82, 2.24) is 15.1 Å². The van der Waals surface area contributed by atoms with Crippen molar-refractivity contribution in [2.24, 2.45) is 0 Å². The Bertz CT molecular complexity index is 1550. The monoisotopic (exact) mass is 613 g/mol. The van der Waals surface area contributed by atoms with Crippen molar-refractivity contribution in [3.63, 3.8) is 0 Å². The normalized spacial score (nSPS) is 15.2. The summed E-state index contributed by atoms with van der Waals surface area (Å²) in [5.74, 6) is -2.77. The second-order valence-electron chi connectivity index (χ2n) is 9.50. The van der Waals surface area contributed by atoms with Gasteiger partial charge in [-0.15, -0.1) is 0 Å². The molecule has 12 nitrogen and oxygen atoms in total. The smallest absolute Gasteiger partial charge is 0.323 e. The molecule has 1 saturated heterocycles. The SMILES string of the molecule is Cc1ccc(NC(=O)N2CCN(C(=O)c3ccc(Cl)c(Cl)c3)C2C(=O)NC(CC(=O)O)c2cccc([N+](=O)[O-])c2)cc1. The number of urea groups is 1. The fourth-order valence-electron chi connectivity index (χ4n) is 4.49. The first-order valence-electron chi connectivity index (χ1n) is 12.6. The minimum atomic E-state index is -1.49. The molecular weight excluding hydrogens is 589 g/mol. The Hall–Kier alpha value is -4.68. The van der Waals surface area contributed by atoms with Crippen LogP contribution in [-0.2, 0) is 9.59 Å². The Labute approximate surface area is 250 Å². The molecule has 4 amide bonds. The third kappa shape index (κ3) is 6.96. The highest BCUT2D eigenvalue weighted by Gasteiger charge is 2.44. The van der Waals surface area contributed by atoms with Crippen LogP contribution in [0.2, 0.25) is 10.0 Å². The summed E-state index contributed by atoms with van der Waals surface area (Å²) in [6.45, 7) is 1.83. The van der Waals surface area contributed by atoms with Crippen LogP contribution in [0.25, 0.3) is 0 Å². The van der Waals surface area contributed by atoms with E-state index in [-0.39, 0.29) is 39.9 Å². The Morgan fingerprint density at radius 2 is 1.69 bits per heavy atom. The molecule has 1 aliphatic rings. The van der Waals surface area contributed by atoms with Gasteiger partial charge in [-0.2, -0.15) is 0 Å². The number of nitrogens with one attached hydrogen (secondary N) is 2. The molecule has 0 aromatic heterocycles. The van der Waals surface area contributed by atoms with Crippen molar-refractivity contribution in [1.29, 1.82) is 0 Å². The van der Waals surface area contributed by atoms with Crippen LogP contribution in [0.1, 0.15) is 33.9 Å². The zero-order valence-corrected chi connectivity index (χ0v) is 23.6. The summed E-state index contributed by atoms with van der Waals surface area (Å²) in [6, 6.07) is 14.5. The summed E-state index contributed by atoms with van der Waals surface area (Å²) >= 11 is 12.1. The van der Waals surface area contributed by atoms with Crippen LogP contribution >= 0.6 is 23.2 Å². The lowest BCUT2D eigenvalue weighted by Crippen LogP contribution is -2.55. The number of amides is 4. The number of hydrogen-bond donors (Lipinski definition) is 3. The maximum absolute atomic E-state index is 13.8. The number of nitrogens with zero attached hydrogens (tertiary/aromatic N) is 3. The van der Waals surface area contributed by atoms with Gasteiger partial charge in [0.1, 0.15) is 0 Å². The predicted octanol–water partition coefficient (Wildman–Crippen LogP) is 4.86. The van der Waals surface area contributed by atoms with Gasteiger partial charge in [-0.3, -0.25) is 29.4 Å². The van der Waals surface area contributed by atoms with Crippen molar-refractivity contribution < 1.29 is 29.2 Å². The van der Waals surface area contributed by atoms with Crippen molar-refractivity contribution in [2.75, 3.05) is 18.4 Å². The number of non-ortho nitro benzene ring substituents is 1. The third-order valence-corrected chi connectivity index (χ3v) is 7.32. The highest BCUT2D eigenvalue weighted by Crippen LogP contribution is 2.27. The first-order chi connectivity index (χ1) is 19.9. The molecular formula is C28H25Cl2N5O7. The van der Waals surface area contributed by atoms with Crippen molar-refractivity contribution in [3.05, 3.63) is 104 Å². The number of rotatable bonds is 8. The fourth-order valence-corrected chi connectivity index (χ4v) is 4.79. The topological polar surface area (TPSA) is 162 Å². The van der Waals surface area contributed by atoms with Gasteiger partial charge >= 0.3 is 12.0 Å². The predicted molar refractivity (Wildman–Crippen MR) is 154 cm³/mol. The highest BCUT2D eigenvalue weighted by molar-refractivity contribution is 6.42. The lowest BCUT2D eigenvalue weighted by atomic mass is 10.0. The van der Waals surface area contributed by atoms with E-state index in [1.54, 1.807) is 24.3 Å². The lowest BCUT2D eigenvalue weighted by Gasteiger charge is -2.31. The lowest BCUT2D eigenvalue weighted by molar-refractivity contribution is -0.384. The molecule has 3 aromatic rings. The van der Waals surface area contributed by atoms with E-state index >= 15 is 0 Å². The van der Waals surface area contributed by atoms with Crippen molar-refractivity contribution in [2.45, 2.75) is 25.6 Å². The van der Waals surface area contributed by atoms with Gasteiger partial charge in [-0.1, -0.05) is 53.0 Å². The number of benzene rings is 3. The van der Waals surface area contributed by atoms with E-state index in [2.05, 4.69) is 10.6 Å². The maximum atomic E-state index is 13.8. The van der Waals surface area contributed by atoms with Gasteiger partial charge in [0.05, 0.1) is 27.4 Å². The van der Waals surface area contributed by atoms with Gasteiger partial charge in [-0.25, -0.2) is 4.79 Å². The molecule has 0 bridgehead atoms. The number of carboxylic acids is 1. The third-order valence-electron chi connectivity index (χ3n) is 6.58. The first kappa shape index (κ1) is 30.3. The largest absolute Gasteiger partial charge is 0.481 e. The minimum Gasteiger partial charge on any atom is -0.481 e. The average molecular weight is 614 g/mol. The Kier molecular flexibility index (Phi) is 9.28. The van der Waals surface area contributed by atoms with Crippen LogP contribution in [0.15, 0.2) is 66.7 Å². The van der Waals surface area contributed by atoms with E-state index in [0.717, 1.165) is 21.4 Å². The number of aryl methyl sites for hydroxylation is 1. The van der Waals surface area contributed by atoms with Gasteiger partial charge < -0.3 is 20.6 Å². The van der Waals surface area contributed by atoms with E-state index in [4.69, 9.17) is 23.2 Å². The Morgan fingerprint density at radius 1 is 1.00 bits per heavy atom. The van der Waals surface area contributed by atoms with Gasteiger partial charge in [0.15, 0.2) is 6.17 Å². The zero-order chi connectivity index (χ0) is 30.6. The number of carboxylic acid groups (broad SMARTS) is 1. The summed E-state index contributed by atoms with van der Waals surface area (Å²) in [5, 5.41) is 26.4. The number of aliphatic carboxylic acids is 1. The summed E-state index contributed by atoms with van der Waals surface area (Å²) in [6.07, 6.45) is -2.11. The molecule has 3 aromatic carbocycles. The molecule has 0 saturated carbocycles. The average Bonchev–Trinajstić information content (AvgIpc) is 3.40. The molecule has 42 heavy (non-hydrogen) atoms. The maximum Gasteiger partial charge on any atom is 0.323 e. The van der Waals surface area contributed by atoms with Crippen LogP contribution in [-0.4, -0.2) is 62.9 Å². The molecule has 1 aliphatic heterocycles. The number of nitro groups is 1. The minimum absolute atomic E-state index is 0.0246. The molecule has 1 fully saturated rings. The molecule has 14 heteroatoms. The number of hydrogen-bond acceptors (Lipinski definition) is 6. The summed E-state index contributed by atoms with van der Waals surface area (Å²) in [4.78, 5) is 65.4. The van der Waals surface area contributed by atoms with E-state index in [1.165, 1.54) is 36.4 Å².